The Bertz CT molecular complexity index is 382. The Morgan fingerprint density at radius 1 is 1.29 bits per heavy atom. The van der Waals surface area contributed by atoms with Crippen LogP contribution >= 0.6 is 0 Å². The van der Waals surface area contributed by atoms with Gasteiger partial charge in [-0.1, -0.05) is 37.3 Å². The maximum absolute atomic E-state index is 12.7. The Morgan fingerprint density at radius 2 is 1.94 bits per heavy atom. The molecule has 1 aromatic rings. The minimum Gasteiger partial charge on any atom is -0.309 e. The maximum atomic E-state index is 12.7. The summed E-state index contributed by atoms with van der Waals surface area (Å²) in [5, 5.41) is 2.97. The van der Waals surface area contributed by atoms with Crippen molar-refractivity contribution >= 4 is 0 Å². The lowest BCUT2D eigenvalue weighted by Crippen LogP contribution is -2.19. The molecule has 0 aliphatic heterocycles. The van der Waals surface area contributed by atoms with Crippen molar-refractivity contribution in [2.75, 3.05) is 6.54 Å². The van der Waals surface area contributed by atoms with Gasteiger partial charge in [0, 0.05) is 13.1 Å². The van der Waals surface area contributed by atoms with E-state index < -0.39 is 11.7 Å². The second kappa shape index (κ2) is 5.87. The molecule has 0 spiro atoms. The number of alkyl halides is 3. The van der Waals surface area contributed by atoms with E-state index in [1.807, 2.05) is 6.92 Å². The molecule has 0 bridgehead atoms. The number of hydrogen-bond acceptors (Lipinski definition) is 1. The summed E-state index contributed by atoms with van der Waals surface area (Å²) in [5.74, 6) is 0. The van der Waals surface area contributed by atoms with Crippen molar-refractivity contribution in [1.29, 1.82) is 0 Å². The molecule has 1 N–H and O–H groups in total. The summed E-state index contributed by atoms with van der Waals surface area (Å²) < 4.78 is 38.0. The van der Waals surface area contributed by atoms with Gasteiger partial charge in [-0.25, -0.2) is 0 Å². The summed E-state index contributed by atoms with van der Waals surface area (Å²) in [5.41, 5.74) is 0.674. The molecule has 0 amide bonds. The Balaban J connectivity index is 2.68. The summed E-state index contributed by atoms with van der Waals surface area (Å²) >= 11 is 0. The second-order valence-electron chi connectivity index (χ2n) is 3.86. The lowest BCUT2D eigenvalue weighted by atomic mass is 10.1. The van der Waals surface area contributed by atoms with E-state index in [0.717, 1.165) is 18.1 Å². The first-order chi connectivity index (χ1) is 7.95. The van der Waals surface area contributed by atoms with Gasteiger partial charge in [-0.15, -0.1) is 0 Å². The molecule has 0 unspecified atom stereocenters. The monoisotopic (exact) mass is 243 g/mol. The highest BCUT2D eigenvalue weighted by Crippen LogP contribution is 2.31. The molecule has 17 heavy (non-hydrogen) atoms. The maximum Gasteiger partial charge on any atom is 0.416 e. The van der Waals surface area contributed by atoms with Crippen molar-refractivity contribution in [2.45, 2.75) is 26.1 Å². The van der Waals surface area contributed by atoms with Gasteiger partial charge in [-0.2, -0.15) is 13.2 Å². The number of nitrogens with one attached hydrogen (secondary N) is 1. The van der Waals surface area contributed by atoms with E-state index in [0.29, 0.717) is 6.54 Å². The topological polar surface area (TPSA) is 12.0 Å². The number of benzene rings is 1. The molecule has 0 aromatic heterocycles. The van der Waals surface area contributed by atoms with E-state index in [-0.39, 0.29) is 12.1 Å². The highest BCUT2D eigenvalue weighted by Gasteiger charge is 2.32. The highest BCUT2D eigenvalue weighted by molar-refractivity contribution is 5.29. The van der Waals surface area contributed by atoms with Gasteiger partial charge in [0.1, 0.15) is 0 Å². The number of hydrogen-bond donors (Lipinski definition) is 1. The van der Waals surface area contributed by atoms with Crippen LogP contribution in [0.4, 0.5) is 13.2 Å². The molecular formula is C13H16F3N. The van der Waals surface area contributed by atoms with Crippen molar-refractivity contribution in [3.05, 3.63) is 47.5 Å². The molecule has 1 aromatic carbocycles. The van der Waals surface area contributed by atoms with Crippen LogP contribution in [0.25, 0.3) is 0 Å². The zero-order valence-corrected chi connectivity index (χ0v) is 9.77. The van der Waals surface area contributed by atoms with Crippen molar-refractivity contribution in [2.24, 2.45) is 0 Å². The van der Waals surface area contributed by atoms with Crippen LogP contribution in [0.5, 0.6) is 0 Å². The van der Waals surface area contributed by atoms with Crippen LogP contribution in [0.1, 0.15) is 24.5 Å². The fourth-order valence-electron chi connectivity index (χ4n) is 1.45. The zero-order valence-electron chi connectivity index (χ0n) is 9.77. The van der Waals surface area contributed by atoms with Crippen molar-refractivity contribution in [3.8, 4) is 0 Å². The van der Waals surface area contributed by atoms with Gasteiger partial charge in [-0.3, -0.25) is 0 Å². The van der Waals surface area contributed by atoms with Gasteiger partial charge in [0.2, 0.25) is 0 Å². The van der Waals surface area contributed by atoms with Crippen molar-refractivity contribution in [3.63, 3.8) is 0 Å². The van der Waals surface area contributed by atoms with Crippen LogP contribution in [0, 0.1) is 0 Å². The molecule has 1 nitrogen and oxygen atoms in total. The van der Waals surface area contributed by atoms with Gasteiger partial charge >= 0.3 is 6.18 Å². The summed E-state index contributed by atoms with van der Waals surface area (Å²) in [6.45, 7) is 6.50. The predicted octanol–water partition coefficient (Wildman–Crippen LogP) is 3.76. The molecular weight excluding hydrogens is 227 g/mol. The normalized spacial score (nSPS) is 11.5. The lowest BCUT2D eigenvalue weighted by molar-refractivity contribution is -0.138. The Labute approximate surface area is 99.3 Å². The van der Waals surface area contributed by atoms with Gasteiger partial charge in [-0.05, 0) is 18.1 Å². The first-order valence-corrected chi connectivity index (χ1v) is 5.47. The zero-order chi connectivity index (χ0) is 12.9. The van der Waals surface area contributed by atoms with E-state index in [2.05, 4.69) is 11.9 Å². The molecule has 1 rings (SSSR count). The SMILES string of the molecule is C=C(CC)CNCc1ccccc1C(F)(F)F. The quantitative estimate of drug-likeness (QED) is 0.776. The molecule has 0 aliphatic rings. The van der Waals surface area contributed by atoms with Crippen LogP contribution in [-0.4, -0.2) is 6.54 Å². The minimum absolute atomic E-state index is 0.203. The third-order valence-corrected chi connectivity index (χ3v) is 2.51. The second-order valence-corrected chi connectivity index (χ2v) is 3.86. The Kier molecular flexibility index (Phi) is 4.75. The van der Waals surface area contributed by atoms with E-state index >= 15 is 0 Å². The smallest absolute Gasteiger partial charge is 0.309 e. The van der Waals surface area contributed by atoms with Crippen LogP contribution in [0.3, 0.4) is 0 Å². The largest absolute Gasteiger partial charge is 0.416 e. The van der Waals surface area contributed by atoms with E-state index in [1.54, 1.807) is 6.07 Å². The molecule has 0 saturated heterocycles. The summed E-state index contributed by atoms with van der Waals surface area (Å²) in [7, 11) is 0. The number of rotatable bonds is 5. The average molecular weight is 243 g/mol. The molecule has 0 fully saturated rings. The number of halogens is 3. The Morgan fingerprint density at radius 3 is 2.53 bits per heavy atom. The predicted molar refractivity (Wildman–Crippen MR) is 62.6 cm³/mol. The third kappa shape index (κ3) is 4.23. The van der Waals surface area contributed by atoms with Gasteiger partial charge in [0.05, 0.1) is 5.56 Å². The third-order valence-electron chi connectivity index (χ3n) is 2.51. The minimum atomic E-state index is -4.29. The standard InChI is InChI=1S/C13H16F3N/c1-3-10(2)8-17-9-11-6-4-5-7-12(11)13(14,15)16/h4-7,17H,2-3,8-9H2,1H3. The molecule has 0 heterocycles. The van der Waals surface area contributed by atoms with Crippen LogP contribution in [0.15, 0.2) is 36.4 Å². The first kappa shape index (κ1) is 13.8. The molecule has 0 aliphatic carbocycles. The van der Waals surface area contributed by atoms with E-state index in [1.165, 1.54) is 12.1 Å². The average Bonchev–Trinajstić information content (AvgIpc) is 2.28. The van der Waals surface area contributed by atoms with Crippen LogP contribution < -0.4 is 5.32 Å². The summed E-state index contributed by atoms with van der Waals surface area (Å²) in [4.78, 5) is 0. The first-order valence-electron chi connectivity index (χ1n) is 5.47. The molecule has 0 radical (unpaired) electrons. The van der Waals surface area contributed by atoms with Crippen LogP contribution in [-0.2, 0) is 12.7 Å². The Hall–Kier alpha value is -1.29. The lowest BCUT2D eigenvalue weighted by Gasteiger charge is -2.13. The summed E-state index contributed by atoms with van der Waals surface area (Å²) in [6.07, 6.45) is -3.46. The summed E-state index contributed by atoms with van der Waals surface area (Å²) in [6, 6.07) is 5.61. The van der Waals surface area contributed by atoms with E-state index in [4.69, 9.17) is 0 Å². The molecule has 4 heteroatoms. The van der Waals surface area contributed by atoms with Gasteiger partial charge < -0.3 is 5.32 Å². The molecule has 0 saturated carbocycles. The van der Waals surface area contributed by atoms with Crippen LogP contribution in [0.2, 0.25) is 0 Å². The van der Waals surface area contributed by atoms with Gasteiger partial charge in [0.15, 0.2) is 0 Å². The van der Waals surface area contributed by atoms with Gasteiger partial charge in [0.25, 0.3) is 0 Å². The van der Waals surface area contributed by atoms with Crippen molar-refractivity contribution in [1.82, 2.24) is 5.32 Å². The fourth-order valence-corrected chi connectivity index (χ4v) is 1.45. The van der Waals surface area contributed by atoms with E-state index in [9.17, 15) is 13.2 Å². The highest BCUT2D eigenvalue weighted by atomic mass is 19.4. The molecule has 94 valence electrons. The van der Waals surface area contributed by atoms with Crippen molar-refractivity contribution < 1.29 is 13.2 Å². The molecule has 0 atom stereocenters. The fraction of sp³-hybridized carbons (Fsp3) is 0.385.